The Hall–Kier alpha value is -3.15. The van der Waals surface area contributed by atoms with Crippen LogP contribution in [0.4, 0.5) is 11.6 Å². The molecule has 0 bridgehead atoms. The Balaban J connectivity index is 1.83. The van der Waals surface area contributed by atoms with Crippen LogP contribution >= 0.6 is 0 Å². The SMILES string of the molecule is CCCC(=O)n1nc(-c2ccc(C)cc2)nc1NCc1ccc(N(C)C)cc1. The molecule has 0 fully saturated rings. The second kappa shape index (κ2) is 8.69. The van der Waals surface area contributed by atoms with Crippen molar-refractivity contribution in [3.63, 3.8) is 0 Å². The van der Waals surface area contributed by atoms with Gasteiger partial charge >= 0.3 is 0 Å². The van der Waals surface area contributed by atoms with Gasteiger partial charge in [-0.2, -0.15) is 9.67 Å². The topological polar surface area (TPSA) is 63.1 Å². The van der Waals surface area contributed by atoms with E-state index in [9.17, 15) is 4.79 Å². The first-order valence-electron chi connectivity index (χ1n) is 9.55. The first kappa shape index (κ1) is 19.6. The molecule has 2 aromatic carbocycles. The zero-order valence-electron chi connectivity index (χ0n) is 16.9. The minimum atomic E-state index is -0.0567. The summed E-state index contributed by atoms with van der Waals surface area (Å²) in [6.07, 6.45) is 1.20. The van der Waals surface area contributed by atoms with Crippen LogP contribution in [0.15, 0.2) is 48.5 Å². The monoisotopic (exact) mass is 377 g/mol. The Labute approximate surface area is 166 Å². The van der Waals surface area contributed by atoms with Gasteiger partial charge in [-0.25, -0.2) is 0 Å². The molecule has 0 radical (unpaired) electrons. The fraction of sp³-hybridized carbons (Fsp3) is 0.318. The van der Waals surface area contributed by atoms with Gasteiger partial charge in [0.2, 0.25) is 11.9 Å². The molecule has 6 nitrogen and oxygen atoms in total. The third-order valence-corrected chi connectivity index (χ3v) is 4.52. The number of carbonyl (C=O) groups is 1. The number of aromatic nitrogens is 3. The lowest BCUT2D eigenvalue weighted by Crippen LogP contribution is -2.16. The smallest absolute Gasteiger partial charge is 0.250 e. The second-order valence-electron chi connectivity index (χ2n) is 7.10. The van der Waals surface area contributed by atoms with Crippen molar-refractivity contribution in [3.8, 4) is 11.4 Å². The minimum absolute atomic E-state index is 0.0567. The second-order valence-corrected chi connectivity index (χ2v) is 7.10. The quantitative estimate of drug-likeness (QED) is 0.662. The first-order chi connectivity index (χ1) is 13.5. The summed E-state index contributed by atoms with van der Waals surface area (Å²) in [5, 5.41) is 7.74. The van der Waals surface area contributed by atoms with Crippen molar-refractivity contribution in [2.24, 2.45) is 0 Å². The van der Waals surface area contributed by atoms with Crippen molar-refractivity contribution in [2.45, 2.75) is 33.2 Å². The molecular formula is C22H27N5O. The molecule has 28 heavy (non-hydrogen) atoms. The number of nitrogens with zero attached hydrogens (tertiary/aromatic N) is 4. The van der Waals surface area contributed by atoms with Gasteiger partial charge < -0.3 is 10.2 Å². The molecule has 1 aromatic heterocycles. The third kappa shape index (κ3) is 4.57. The van der Waals surface area contributed by atoms with Gasteiger partial charge in [0, 0.05) is 38.3 Å². The molecule has 3 rings (SSSR count). The van der Waals surface area contributed by atoms with E-state index in [2.05, 4.69) is 44.6 Å². The molecule has 1 heterocycles. The standard InChI is InChI=1S/C22H27N5O/c1-5-6-20(28)27-22(23-15-17-9-13-19(14-10-17)26(3)4)24-21(25-27)18-11-7-16(2)8-12-18/h7-14H,5-6,15H2,1-4H3,(H,23,24,25). The predicted molar refractivity (Wildman–Crippen MR) is 114 cm³/mol. The first-order valence-corrected chi connectivity index (χ1v) is 9.55. The molecule has 146 valence electrons. The van der Waals surface area contributed by atoms with E-state index in [-0.39, 0.29) is 5.91 Å². The lowest BCUT2D eigenvalue weighted by molar-refractivity contribution is 0.0888. The number of rotatable bonds is 7. The van der Waals surface area contributed by atoms with Gasteiger partial charge in [0.05, 0.1) is 0 Å². The maximum Gasteiger partial charge on any atom is 0.250 e. The van der Waals surface area contributed by atoms with E-state index in [0.29, 0.717) is 24.7 Å². The number of hydrogen-bond donors (Lipinski definition) is 1. The zero-order chi connectivity index (χ0) is 20.1. The molecule has 0 saturated heterocycles. The zero-order valence-corrected chi connectivity index (χ0v) is 16.9. The average molecular weight is 377 g/mol. The molecule has 0 saturated carbocycles. The molecule has 3 aromatic rings. The van der Waals surface area contributed by atoms with Crippen LogP contribution in [0, 0.1) is 6.92 Å². The lowest BCUT2D eigenvalue weighted by atomic mass is 10.1. The number of carbonyl (C=O) groups excluding carboxylic acids is 1. The predicted octanol–water partition coefficient (Wildman–Crippen LogP) is 4.37. The van der Waals surface area contributed by atoms with Gasteiger partial charge in [0.1, 0.15) is 0 Å². The number of anilines is 2. The fourth-order valence-electron chi connectivity index (χ4n) is 2.84. The van der Waals surface area contributed by atoms with Crippen molar-refractivity contribution < 1.29 is 4.79 Å². The Morgan fingerprint density at radius 1 is 1.07 bits per heavy atom. The molecule has 0 unspecified atom stereocenters. The summed E-state index contributed by atoms with van der Waals surface area (Å²) >= 11 is 0. The van der Waals surface area contributed by atoms with Gasteiger partial charge in [0.15, 0.2) is 5.82 Å². The minimum Gasteiger partial charge on any atom is -0.378 e. The number of nitrogens with one attached hydrogen (secondary N) is 1. The van der Waals surface area contributed by atoms with E-state index < -0.39 is 0 Å². The van der Waals surface area contributed by atoms with Crippen LogP contribution in [0.1, 0.15) is 35.7 Å². The lowest BCUT2D eigenvalue weighted by Gasteiger charge is -2.13. The number of benzene rings is 2. The van der Waals surface area contributed by atoms with E-state index in [1.54, 1.807) is 0 Å². The van der Waals surface area contributed by atoms with Crippen molar-refractivity contribution in [2.75, 3.05) is 24.3 Å². The summed E-state index contributed by atoms with van der Waals surface area (Å²) < 4.78 is 1.40. The van der Waals surface area contributed by atoms with Crippen molar-refractivity contribution in [1.29, 1.82) is 0 Å². The summed E-state index contributed by atoms with van der Waals surface area (Å²) in [5.74, 6) is 0.972. The Kier molecular flexibility index (Phi) is 6.09. The molecule has 0 aliphatic heterocycles. The van der Waals surface area contributed by atoms with E-state index in [1.807, 2.05) is 52.2 Å². The molecule has 0 amide bonds. The highest BCUT2D eigenvalue weighted by Crippen LogP contribution is 2.20. The highest BCUT2D eigenvalue weighted by molar-refractivity contribution is 5.81. The van der Waals surface area contributed by atoms with Crippen LogP contribution in [0.25, 0.3) is 11.4 Å². The van der Waals surface area contributed by atoms with E-state index in [1.165, 1.54) is 10.2 Å². The highest BCUT2D eigenvalue weighted by atomic mass is 16.2. The van der Waals surface area contributed by atoms with E-state index >= 15 is 0 Å². The molecular weight excluding hydrogens is 350 g/mol. The summed E-state index contributed by atoms with van der Waals surface area (Å²) in [4.78, 5) is 19.2. The van der Waals surface area contributed by atoms with Crippen LogP contribution < -0.4 is 10.2 Å². The Morgan fingerprint density at radius 3 is 2.36 bits per heavy atom. The average Bonchev–Trinajstić information content (AvgIpc) is 3.12. The third-order valence-electron chi connectivity index (χ3n) is 4.52. The van der Waals surface area contributed by atoms with Crippen molar-refractivity contribution in [1.82, 2.24) is 14.8 Å². The van der Waals surface area contributed by atoms with Crippen LogP contribution in [-0.2, 0) is 6.54 Å². The molecule has 1 N–H and O–H groups in total. The van der Waals surface area contributed by atoms with Crippen LogP contribution in [0.5, 0.6) is 0 Å². The molecule has 0 atom stereocenters. The van der Waals surface area contributed by atoms with Gasteiger partial charge in [-0.3, -0.25) is 4.79 Å². The maximum atomic E-state index is 12.5. The highest BCUT2D eigenvalue weighted by Gasteiger charge is 2.16. The van der Waals surface area contributed by atoms with Crippen LogP contribution in [0.3, 0.4) is 0 Å². The number of aryl methyl sites for hydroxylation is 1. The Morgan fingerprint density at radius 2 is 1.75 bits per heavy atom. The molecule has 6 heteroatoms. The van der Waals surface area contributed by atoms with Gasteiger partial charge in [-0.1, -0.05) is 48.9 Å². The van der Waals surface area contributed by atoms with Gasteiger partial charge in [-0.15, -0.1) is 5.10 Å². The summed E-state index contributed by atoms with van der Waals surface area (Å²) in [6, 6.07) is 16.3. The molecule has 0 aliphatic rings. The normalized spacial score (nSPS) is 10.7. The van der Waals surface area contributed by atoms with E-state index in [0.717, 1.165) is 23.2 Å². The van der Waals surface area contributed by atoms with Crippen LogP contribution in [0.2, 0.25) is 0 Å². The van der Waals surface area contributed by atoms with E-state index in [4.69, 9.17) is 0 Å². The summed E-state index contributed by atoms with van der Waals surface area (Å²) in [5.41, 5.74) is 4.32. The van der Waals surface area contributed by atoms with Gasteiger partial charge in [-0.05, 0) is 31.0 Å². The number of hydrogen-bond acceptors (Lipinski definition) is 5. The van der Waals surface area contributed by atoms with Gasteiger partial charge in [0.25, 0.3) is 0 Å². The summed E-state index contributed by atoms with van der Waals surface area (Å²) in [7, 11) is 4.03. The molecule has 0 spiro atoms. The van der Waals surface area contributed by atoms with Crippen LogP contribution in [-0.4, -0.2) is 34.8 Å². The van der Waals surface area contributed by atoms with Crippen molar-refractivity contribution in [3.05, 3.63) is 59.7 Å². The van der Waals surface area contributed by atoms with Crippen molar-refractivity contribution >= 4 is 17.5 Å². The Bertz CT molecular complexity index is 927. The largest absolute Gasteiger partial charge is 0.378 e. The maximum absolute atomic E-state index is 12.5. The fourth-order valence-corrected chi connectivity index (χ4v) is 2.84. The summed E-state index contributed by atoms with van der Waals surface area (Å²) in [6.45, 7) is 4.59. The molecule has 0 aliphatic carbocycles.